The molecular formula is C16H16BrFO4. The first-order valence-corrected chi connectivity index (χ1v) is 7.24. The lowest BCUT2D eigenvalue weighted by molar-refractivity contribution is -0.134. The molecule has 6 heteroatoms. The molecule has 0 saturated carbocycles. The lowest BCUT2D eigenvalue weighted by Crippen LogP contribution is -2.24. The highest BCUT2D eigenvalue weighted by Crippen LogP contribution is 2.33. The largest absolute Gasteiger partial charge is 0.481 e. The van der Waals surface area contributed by atoms with Crippen LogP contribution in [0.15, 0.2) is 54.1 Å². The van der Waals surface area contributed by atoms with Crippen LogP contribution in [0, 0.1) is 5.92 Å². The molecule has 0 aromatic heterocycles. The lowest BCUT2D eigenvalue weighted by atomic mass is 9.86. The average molecular weight is 371 g/mol. The van der Waals surface area contributed by atoms with Crippen LogP contribution in [0.2, 0.25) is 0 Å². The number of carboxylic acid groups (broad SMARTS) is 1. The molecule has 0 fully saturated rings. The molecule has 118 valence electrons. The molecular weight excluding hydrogens is 355 g/mol. The Balaban J connectivity index is 0.000000541. The molecule has 1 aromatic carbocycles. The minimum atomic E-state index is -1.78. The summed E-state index contributed by atoms with van der Waals surface area (Å²) < 4.78 is 11.9. The third-order valence-corrected chi connectivity index (χ3v) is 3.30. The standard InChI is InChI=1S/C14H12BrFO2.C2H4O2/c15-14(16)7-6-12(11(8-14)9-17)13(18)10-4-2-1-3-5-10;1-2(3)4/h1-8,12,17H,9H2;1H3,(H,3,4). The van der Waals surface area contributed by atoms with Crippen LogP contribution in [0.5, 0.6) is 0 Å². The van der Waals surface area contributed by atoms with Gasteiger partial charge >= 0.3 is 0 Å². The lowest BCUT2D eigenvalue weighted by Gasteiger charge is -2.22. The predicted octanol–water partition coefficient (Wildman–Crippen LogP) is 3.13. The summed E-state index contributed by atoms with van der Waals surface area (Å²) in [5.74, 6) is -1.58. The quantitative estimate of drug-likeness (QED) is 0.486. The zero-order chi connectivity index (χ0) is 16.8. The molecule has 0 heterocycles. The van der Waals surface area contributed by atoms with Crippen molar-refractivity contribution >= 4 is 27.7 Å². The normalized spacial score (nSPS) is 23.1. The van der Waals surface area contributed by atoms with Crippen LogP contribution in [0.3, 0.4) is 0 Å². The number of benzene rings is 1. The van der Waals surface area contributed by atoms with E-state index in [0.29, 0.717) is 11.1 Å². The van der Waals surface area contributed by atoms with E-state index >= 15 is 0 Å². The van der Waals surface area contributed by atoms with Gasteiger partial charge in [-0.25, -0.2) is 4.39 Å². The van der Waals surface area contributed by atoms with Crippen LogP contribution in [-0.4, -0.2) is 33.2 Å². The van der Waals surface area contributed by atoms with Crippen LogP contribution < -0.4 is 0 Å². The number of halogens is 2. The number of carbonyl (C=O) groups is 2. The van der Waals surface area contributed by atoms with Gasteiger partial charge in [-0.3, -0.25) is 9.59 Å². The van der Waals surface area contributed by atoms with Gasteiger partial charge in [-0.2, -0.15) is 0 Å². The van der Waals surface area contributed by atoms with Crippen molar-refractivity contribution in [2.75, 3.05) is 6.61 Å². The van der Waals surface area contributed by atoms with Crippen LogP contribution in [-0.2, 0) is 4.79 Å². The van der Waals surface area contributed by atoms with Crippen molar-refractivity contribution in [2.45, 2.75) is 11.5 Å². The van der Waals surface area contributed by atoms with E-state index in [9.17, 15) is 14.3 Å². The van der Waals surface area contributed by atoms with Crippen molar-refractivity contribution in [3.05, 3.63) is 59.7 Å². The van der Waals surface area contributed by atoms with Crippen molar-refractivity contribution in [2.24, 2.45) is 5.92 Å². The molecule has 4 nitrogen and oxygen atoms in total. The Morgan fingerprint density at radius 2 is 1.86 bits per heavy atom. The van der Waals surface area contributed by atoms with Gasteiger partial charge in [0.15, 0.2) is 5.78 Å². The van der Waals surface area contributed by atoms with E-state index in [1.165, 1.54) is 18.2 Å². The number of ketones is 1. The molecule has 0 spiro atoms. The number of aliphatic hydroxyl groups excluding tert-OH is 1. The number of alkyl halides is 2. The van der Waals surface area contributed by atoms with Crippen molar-refractivity contribution in [3.63, 3.8) is 0 Å². The second-order valence-corrected chi connectivity index (χ2v) is 5.85. The minimum Gasteiger partial charge on any atom is -0.481 e. The number of aliphatic carboxylic acids is 1. The summed E-state index contributed by atoms with van der Waals surface area (Å²) in [6.45, 7) is 0.741. The highest BCUT2D eigenvalue weighted by atomic mass is 79.9. The molecule has 1 aliphatic carbocycles. The highest BCUT2D eigenvalue weighted by Gasteiger charge is 2.30. The minimum absolute atomic E-state index is 0.143. The first-order chi connectivity index (χ1) is 10.3. The number of rotatable bonds is 3. The molecule has 22 heavy (non-hydrogen) atoms. The zero-order valence-corrected chi connectivity index (χ0v) is 13.5. The van der Waals surface area contributed by atoms with Gasteiger partial charge in [0.05, 0.1) is 12.5 Å². The van der Waals surface area contributed by atoms with Gasteiger partial charge < -0.3 is 10.2 Å². The molecule has 2 atom stereocenters. The number of carboxylic acids is 1. The maximum absolute atomic E-state index is 13.7. The van der Waals surface area contributed by atoms with E-state index in [4.69, 9.17) is 9.90 Å². The summed E-state index contributed by atoms with van der Waals surface area (Å²) in [6.07, 6.45) is 3.99. The smallest absolute Gasteiger partial charge is 0.300 e. The fourth-order valence-corrected chi connectivity index (χ4v) is 2.36. The third kappa shape index (κ3) is 5.54. The van der Waals surface area contributed by atoms with Gasteiger partial charge in [-0.1, -0.05) is 36.4 Å². The van der Waals surface area contributed by atoms with Gasteiger partial charge in [0, 0.05) is 12.5 Å². The number of carbonyl (C=O) groups excluding carboxylic acids is 1. The van der Waals surface area contributed by atoms with Crippen LogP contribution in [0.4, 0.5) is 4.39 Å². The molecule has 0 aliphatic heterocycles. The van der Waals surface area contributed by atoms with E-state index in [0.717, 1.165) is 6.92 Å². The first kappa shape index (κ1) is 18.3. The molecule has 0 radical (unpaired) electrons. The molecule has 2 rings (SSSR count). The molecule has 0 bridgehead atoms. The van der Waals surface area contributed by atoms with E-state index in [2.05, 4.69) is 15.9 Å². The first-order valence-electron chi connectivity index (χ1n) is 6.45. The fourth-order valence-electron chi connectivity index (χ4n) is 1.91. The fraction of sp³-hybridized carbons (Fsp3) is 0.250. The monoisotopic (exact) mass is 370 g/mol. The molecule has 1 aromatic rings. The van der Waals surface area contributed by atoms with Crippen molar-refractivity contribution in [1.29, 1.82) is 0 Å². The Bertz CT molecular complexity index is 589. The number of hydrogen-bond donors (Lipinski definition) is 2. The van der Waals surface area contributed by atoms with Gasteiger partial charge in [0.2, 0.25) is 4.58 Å². The van der Waals surface area contributed by atoms with Crippen LogP contribution >= 0.6 is 15.9 Å². The van der Waals surface area contributed by atoms with Crippen molar-refractivity contribution < 1.29 is 24.2 Å². The Kier molecular flexibility index (Phi) is 6.64. The number of hydrogen-bond acceptors (Lipinski definition) is 3. The molecule has 0 amide bonds. The topological polar surface area (TPSA) is 74.6 Å². The SMILES string of the molecule is CC(=O)O.O=C(c1ccccc1)C1C=CC(F)(Br)C=C1CO. The summed E-state index contributed by atoms with van der Waals surface area (Å²) in [6, 6.07) is 8.77. The molecule has 0 saturated heterocycles. The number of allylic oxidation sites excluding steroid dienone is 3. The van der Waals surface area contributed by atoms with Gasteiger partial charge in [-0.15, -0.1) is 0 Å². The Morgan fingerprint density at radius 3 is 2.36 bits per heavy atom. The summed E-state index contributed by atoms with van der Waals surface area (Å²) in [5, 5.41) is 16.7. The summed E-state index contributed by atoms with van der Waals surface area (Å²) in [7, 11) is 0. The van der Waals surface area contributed by atoms with Crippen molar-refractivity contribution in [3.8, 4) is 0 Å². The summed E-state index contributed by atoms with van der Waals surface area (Å²) in [5.41, 5.74) is 0.915. The zero-order valence-electron chi connectivity index (χ0n) is 11.9. The van der Waals surface area contributed by atoms with Gasteiger partial charge in [0.25, 0.3) is 5.97 Å². The molecule has 2 unspecified atom stereocenters. The summed E-state index contributed by atoms with van der Waals surface area (Å²) in [4.78, 5) is 21.2. The number of Topliss-reactive ketones (excluding diaryl/α,β-unsaturated/α-hetero) is 1. The Morgan fingerprint density at radius 1 is 1.32 bits per heavy atom. The van der Waals surface area contributed by atoms with Gasteiger partial charge in [0.1, 0.15) is 0 Å². The van der Waals surface area contributed by atoms with E-state index in [1.807, 2.05) is 6.07 Å². The number of aliphatic hydroxyl groups is 1. The van der Waals surface area contributed by atoms with E-state index in [-0.39, 0.29) is 12.4 Å². The summed E-state index contributed by atoms with van der Waals surface area (Å²) >= 11 is 2.85. The maximum atomic E-state index is 13.7. The van der Waals surface area contributed by atoms with Crippen LogP contribution in [0.1, 0.15) is 17.3 Å². The average Bonchev–Trinajstić information content (AvgIpc) is 2.46. The third-order valence-electron chi connectivity index (χ3n) is 2.81. The van der Waals surface area contributed by atoms with Crippen molar-refractivity contribution in [1.82, 2.24) is 0 Å². The van der Waals surface area contributed by atoms with Crippen LogP contribution in [0.25, 0.3) is 0 Å². The Labute approximate surface area is 136 Å². The Hall–Kier alpha value is -1.79. The van der Waals surface area contributed by atoms with E-state index < -0.39 is 16.5 Å². The second kappa shape index (κ2) is 8.00. The van der Waals surface area contributed by atoms with E-state index in [1.54, 1.807) is 24.3 Å². The second-order valence-electron chi connectivity index (χ2n) is 4.64. The molecule has 2 N–H and O–H groups in total. The molecule has 1 aliphatic rings. The predicted molar refractivity (Wildman–Crippen MR) is 84.6 cm³/mol. The maximum Gasteiger partial charge on any atom is 0.300 e. The van der Waals surface area contributed by atoms with Gasteiger partial charge in [-0.05, 0) is 33.7 Å². The highest BCUT2D eigenvalue weighted by molar-refractivity contribution is 9.10.